The molecule has 1 saturated carbocycles. The smallest absolute Gasteiger partial charge is 0.276 e. The first kappa shape index (κ1) is 20.2. The number of hydrogen-bond donors (Lipinski definition) is 2. The molecule has 1 saturated heterocycles. The highest BCUT2D eigenvalue weighted by Gasteiger charge is 2.35. The molecule has 2 aromatic heterocycles. The second kappa shape index (κ2) is 8.71. The van der Waals surface area contributed by atoms with Gasteiger partial charge in [0.1, 0.15) is 5.69 Å². The van der Waals surface area contributed by atoms with Crippen molar-refractivity contribution in [3.8, 4) is 11.5 Å². The van der Waals surface area contributed by atoms with E-state index in [1.165, 1.54) is 23.2 Å². The van der Waals surface area contributed by atoms with Crippen molar-refractivity contribution in [1.82, 2.24) is 19.8 Å². The molecular weight excluding hydrogens is 392 g/mol. The molecule has 1 aliphatic carbocycles. The van der Waals surface area contributed by atoms with E-state index in [1.807, 2.05) is 0 Å². The third-order valence-corrected chi connectivity index (χ3v) is 7.64. The number of H-pyrrole nitrogens is 1. The fourth-order valence-corrected chi connectivity index (χ4v) is 5.68. The van der Waals surface area contributed by atoms with Gasteiger partial charge in [0.15, 0.2) is 5.76 Å². The van der Waals surface area contributed by atoms with E-state index in [4.69, 9.17) is 4.42 Å². The monoisotopic (exact) mass is 420 g/mol. The number of aromatic nitrogens is 2. The Hall–Kier alpha value is -2.13. The molecule has 29 heavy (non-hydrogen) atoms. The number of piperidine rings is 1. The first-order valence-corrected chi connectivity index (χ1v) is 11.9. The lowest BCUT2D eigenvalue weighted by Crippen LogP contribution is -2.47. The quantitative estimate of drug-likeness (QED) is 0.723. The Morgan fingerprint density at radius 2 is 1.90 bits per heavy atom. The van der Waals surface area contributed by atoms with Crippen molar-refractivity contribution in [3.05, 3.63) is 24.4 Å². The van der Waals surface area contributed by atoms with E-state index in [-0.39, 0.29) is 29.5 Å². The zero-order valence-electron chi connectivity index (χ0n) is 16.5. The summed E-state index contributed by atoms with van der Waals surface area (Å²) >= 11 is 0. The molecule has 2 fully saturated rings. The molecule has 0 radical (unpaired) electrons. The van der Waals surface area contributed by atoms with Crippen LogP contribution in [0.3, 0.4) is 0 Å². The molecule has 2 N–H and O–H groups in total. The number of hydrogen-bond acceptors (Lipinski definition) is 5. The van der Waals surface area contributed by atoms with Crippen LogP contribution in [0.5, 0.6) is 0 Å². The molecule has 1 atom stereocenters. The molecule has 4 rings (SSSR count). The van der Waals surface area contributed by atoms with Crippen molar-refractivity contribution in [3.63, 3.8) is 0 Å². The zero-order chi connectivity index (χ0) is 20.3. The highest BCUT2D eigenvalue weighted by atomic mass is 32.2. The second-order valence-corrected chi connectivity index (χ2v) is 9.86. The Morgan fingerprint density at radius 3 is 2.62 bits per heavy atom. The number of rotatable bonds is 5. The molecule has 0 unspecified atom stereocenters. The highest BCUT2D eigenvalue weighted by Crippen LogP contribution is 2.28. The van der Waals surface area contributed by atoms with Crippen LogP contribution in [0.4, 0.5) is 0 Å². The molecule has 9 heteroatoms. The van der Waals surface area contributed by atoms with E-state index in [1.54, 1.807) is 18.3 Å². The Labute approximate surface area is 171 Å². The summed E-state index contributed by atoms with van der Waals surface area (Å²) in [7, 11) is -3.79. The molecule has 0 aromatic carbocycles. The van der Waals surface area contributed by atoms with Crippen LogP contribution >= 0.6 is 0 Å². The number of nitrogens with zero attached hydrogens (tertiary/aromatic N) is 2. The van der Waals surface area contributed by atoms with Gasteiger partial charge in [0.2, 0.25) is 11.0 Å². The van der Waals surface area contributed by atoms with E-state index in [9.17, 15) is 13.2 Å². The Bertz CT molecular complexity index is 914. The van der Waals surface area contributed by atoms with Crippen LogP contribution in [0.2, 0.25) is 0 Å². The normalized spacial score (nSPS) is 22.3. The van der Waals surface area contributed by atoms with E-state index in [0.717, 1.165) is 25.7 Å². The molecule has 0 spiro atoms. The minimum Gasteiger partial charge on any atom is -0.442 e. The highest BCUT2D eigenvalue weighted by molar-refractivity contribution is 7.89. The Kier molecular flexibility index (Phi) is 6.05. The summed E-state index contributed by atoms with van der Waals surface area (Å²) < 4.78 is 33.1. The van der Waals surface area contributed by atoms with Crippen LogP contribution in [0.15, 0.2) is 33.9 Å². The number of carbonyl (C=O) groups excluding carboxylic acids is 1. The van der Waals surface area contributed by atoms with Gasteiger partial charge in [-0.05, 0) is 43.9 Å². The average Bonchev–Trinajstić information content (AvgIpc) is 3.37. The predicted octanol–water partition coefficient (Wildman–Crippen LogP) is 2.91. The minimum absolute atomic E-state index is 0.0191. The first-order valence-electron chi connectivity index (χ1n) is 10.4. The fraction of sp³-hybridized carbons (Fsp3) is 0.600. The molecule has 3 heterocycles. The van der Waals surface area contributed by atoms with Crippen LogP contribution in [-0.4, -0.2) is 48.0 Å². The van der Waals surface area contributed by atoms with Crippen LogP contribution in [0.1, 0.15) is 51.4 Å². The minimum atomic E-state index is -3.79. The molecule has 158 valence electrons. The number of carbonyl (C=O) groups is 1. The van der Waals surface area contributed by atoms with E-state index in [2.05, 4.69) is 15.5 Å². The van der Waals surface area contributed by atoms with Crippen molar-refractivity contribution < 1.29 is 17.6 Å². The standard InChI is InChI=1S/C20H28N4O4S/c25-20(22-16-7-3-1-2-4-8-16)15-6-5-13-24(14-15)29(26,27)19-10-9-18(28-19)17-11-12-21-23-17/h9-12,15-16H,1-8,13-14H2,(H,21,23)(H,22,25)/t15-/m1/s1. The van der Waals surface area contributed by atoms with Gasteiger partial charge in [-0.2, -0.15) is 9.40 Å². The van der Waals surface area contributed by atoms with E-state index >= 15 is 0 Å². The Morgan fingerprint density at radius 1 is 1.10 bits per heavy atom. The molecule has 1 amide bonds. The molecule has 1 aliphatic heterocycles. The first-order chi connectivity index (χ1) is 14.0. The van der Waals surface area contributed by atoms with Crippen molar-refractivity contribution in [2.45, 2.75) is 62.5 Å². The van der Waals surface area contributed by atoms with Crippen molar-refractivity contribution in [2.24, 2.45) is 5.92 Å². The van der Waals surface area contributed by atoms with Crippen molar-refractivity contribution in [2.75, 3.05) is 13.1 Å². The summed E-state index contributed by atoms with van der Waals surface area (Å²) in [6.07, 6.45) is 9.73. The topological polar surface area (TPSA) is 108 Å². The summed E-state index contributed by atoms with van der Waals surface area (Å²) in [5, 5.41) is 9.67. The zero-order valence-corrected chi connectivity index (χ0v) is 17.3. The van der Waals surface area contributed by atoms with E-state index < -0.39 is 10.0 Å². The molecule has 0 bridgehead atoms. The van der Waals surface area contributed by atoms with Gasteiger partial charge in [0, 0.05) is 25.3 Å². The maximum atomic E-state index is 13.0. The number of furan rings is 1. The largest absolute Gasteiger partial charge is 0.442 e. The molecule has 2 aromatic rings. The number of sulfonamides is 1. The van der Waals surface area contributed by atoms with Crippen molar-refractivity contribution >= 4 is 15.9 Å². The van der Waals surface area contributed by atoms with Gasteiger partial charge < -0.3 is 9.73 Å². The van der Waals surface area contributed by atoms with Gasteiger partial charge in [-0.25, -0.2) is 8.42 Å². The summed E-state index contributed by atoms with van der Waals surface area (Å²) in [5.41, 5.74) is 0.616. The fourth-order valence-electron chi connectivity index (χ4n) is 4.24. The van der Waals surface area contributed by atoms with E-state index in [0.29, 0.717) is 30.8 Å². The molecular formula is C20H28N4O4S. The number of nitrogens with one attached hydrogen (secondary N) is 2. The van der Waals surface area contributed by atoms with Crippen molar-refractivity contribution in [1.29, 1.82) is 0 Å². The predicted molar refractivity (Wildman–Crippen MR) is 107 cm³/mol. The van der Waals surface area contributed by atoms with Gasteiger partial charge in [-0.1, -0.05) is 25.7 Å². The number of aromatic amines is 1. The van der Waals surface area contributed by atoms with Gasteiger partial charge in [-0.15, -0.1) is 0 Å². The lowest BCUT2D eigenvalue weighted by atomic mass is 9.97. The summed E-state index contributed by atoms with van der Waals surface area (Å²) in [5.74, 6) is 0.0824. The van der Waals surface area contributed by atoms with Crippen LogP contribution < -0.4 is 5.32 Å². The Balaban J connectivity index is 1.42. The van der Waals surface area contributed by atoms with Crippen LogP contribution in [-0.2, 0) is 14.8 Å². The summed E-state index contributed by atoms with van der Waals surface area (Å²) in [4.78, 5) is 12.8. The maximum Gasteiger partial charge on any atom is 0.276 e. The average molecular weight is 421 g/mol. The van der Waals surface area contributed by atoms with Gasteiger partial charge in [-0.3, -0.25) is 9.89 Å². The second-order valence-electron chi connectivity index (χ2n) is 7.99. The van der Waals surface area contributed by atoms with Crippen LogP contribution in [0.25, 0.3) is 11.5 Å². The van der Waals surface area contributed by atoms with Gasteiger partial charge in [0.25, 0.3) is 10.0 Å². The summed E-state index contributed by atoms with van der Waals surface area (Å²) in [6.45, 7) is 0.594. The summed E-state index contributed by atoms with van der Waals surface area (Å²) in [6, 6.07) is 5.00. The molecule has 8 nitrogen and oxygen atoms in total. The van der Waals surface area contributed by atoms with Crippen LogP contribution in [0, 0.1) is 5.92 Å². The molecule has 2 aliphatic rings. The third-order valence-electron chi connectivity index (χ3n) is 5.90. The SMILES string of the molecule is O=C(NC1CCCCCC1)[C@@H]1CCCN(S(=O)(=O)c2ccc(-c3ccn[nH]3)o2)C1. The lowest BCUT2D eigenvalue weighted by molar-refractivity contribution is -0.126. The third kappa shape index (κ3) is 4.56. The lowest BCUT2D eigenvalue weighted by Gasteiger charge is -2.31. The van der Waals surface area contributed by atoms with Gasteiger partial charge in [0.05, 0.1) is 5.92 Å². The maximum absolute atomic E-state index is 13.0. The number of amides is 1. The van der Waals surface area contributed by atoms with Gasteiger partial charge >= 0.3 is 0 Å².